The monoisotopic (exact) mass is 415 g/mol. The minimum Gasteiger partial charge on any atom is -0.490 e. The van der Waals surface area contributed by atoms with Crippen LogP contribution in [0.3, 0.4) is 0 Å². The Kier molecular flexibility index (Phi) is 8.09. The van der Waals surface area contributed by atoms with Crippen molar-refractivity contribution in [1.82, 2.24) is 5.32 Å². The number of hydrogen-bond acceptors (Lipinski definition) is 6. The van der Waals surface area contributed by atoms with Crippen molar-refractivity contribution in [2.24, 2.45) is 0 Å². The molecule has 0 bridgehead atoms. The molecule has 2 aromatic rings. The van der Waals surface area contributed by atoms with Gasteiger partial charge in [0.1, 0.15) is 30.3 Å². The lowest BCUT2D eigenvalue weighted by atomic mass is 10.1. The molecule has 0 spiro atoms. The Morgan fingerprint density at radius 1 is 0.933 bits per heavy atom. The molecule has 0 saturated heterocycles. The van der Waals surface area contributed by atoms with Gasteiger partial charge in [0.2, 0.25) is 0 Å². The lowest BCUT2D eigenvalue weighted by Gasteiger charge is -2.23. The van der Waals surface area contributed by atoms with Crippen molar-refractivity contribution in [2.45, 2.75) is 59.5 Å². The van der Waals surface area contributed by atoms with Crippen molar-refractivity contribution in [3.8, 4) is 11.5 Å². The van der Waals surface area contributed by atoms with Crippen molar-refractivity contribution in [3.63, 3.8) is 0 Å². The van der Waals surface area contributed by atoms with E-state index in [0.717, 1.165) is 5.56 Å². The number of rotatable bonds is 7. The van der Waals surface area contributed by atoms with Crippen molar-refractivity contribution in [1.29, 1.82) is 0 Å². The predicted octanol–water partition coefficient (Wildman–Crippen LogP) is 5.21. The first-order valence-electron chi connectivity index (χ1n) is 9.75. The van der Waals surface area contributed by atoms with E-state index in [9.17, 15) is 9.59 Å². The molecule has 7 nitrogen and oxygen atoms in total. The summed E-state index contributed by atoms with van der Waals surface area (Å²) in [5.74, 6) is 1.20. The Balaban J connectivity index is 1.91. The first kappa shape index (κ1) is 23.1. The highest BCUT2D eigenvalue weighted by molar-refractivity contribution is 5.87. The van der Waals surface area contributed by atoms with Gasteiger partial charge in [-0.05, 0) is 52.3 Å². The molecule has 0 unspecified atom stereocenters. The summed E-state index contributed by atoms with van der Waals surface area (Å²) in [5, 5.41) is 2.04. The number of amides is 2. The van der Waals surface area contributed by atoms with Gasteiger partial charge in [-0.2, -0.15) is 0 Å². The molecule has 2 rings (SSSR count). The number of carbonyl (C=O) groups is 2. The van der Waals surface area contributed by atoms with Crippen LogP contribution in [0.1, 0.15) is 45.7 Å². The van der Waals surface area contributed by atoms with Crippen LogP contribution in [0.25, 0.3) is 0 Å². The predicted molar refractivity (Wildman–Crippen MR) is 113 cm³/mol. The van der Waals surface area contributed by atoms with Crippen LogP contribution >= 0.6 is 0 Å². The van der Waals surface area contributed by atoms with Gasteiger partial charge in [0, 0.05) is 11.6 Å². The van der Waals surface area contributed by atoms with E-state index in [-0.39, 0.29) is 24.9 Å². The molecule has 0 aliphatic heterocycles. The van der Waals surface area contributed by atoms with E-state index in [0.29, 0.717) is 17.1 Å². The highest BCUT2D eigenvalue weighted by atomic mass is 16.6. The molecule has 0 saturated carbocycles. The van der Waals surface area contributed by atoms with Gasteiger partial charge in [-0.1, -0.05) is 30.3 Å². The van der Waals surface area contributed by atoms with E-state index >= 15 is 0 Å². The van der Waals surface area contributed by atoms with Crippen LogP contribution in [0, 0.1) is 0 Å². The maximum Gasteiger partial charge on any atom is 0.416 e. The smallest absolute Gasteiger partial charge is 0.416 e. The summed E-state index contributed by atoms with van der Waals surface area (Å²) < 4.78 is 21.8. The molecule has 0 aliphatic rings. The molecule has 2 amide bonds. The quantitative estimate of drug-likeness (QED) is 0.668. The average Bonchev–Trinajstić information content (AvgIpc) is 2.65. The largest absolute Gasteiger partial charge is 0.490 e. The van der Waals surface area contributed by atoms with Crippen molar-refractivity contribution in [3.05, 3.63) is 59.7 Å². The fourth-order valence-corrected chi connectivity index (χ4v) is 2.46. The molecule has 0 aliphatic carbocycles. The van der Waals surface area contributed by atoms with Gasteiger partial charge >= 0.3 is 12.2 Å². The Bertz CT molecular complexity index is 843. The van der Waals surface area contributed by atoms with E-state index in [1.807, 2.05) is 70.3 Å². The van der Waals surface area contributed by atoms with E-state index in [2.05, 4.69) is 0 Å². The zero-order valence-electron chi connectivity index (χ0n) is 18.1. The van der Waals surface area contributed by atoms with Gasteiger partial charge in [0.05, 0.1) is 6.10 Å². The first-order valence-corrected chi connectivity index (χ1v) is 9.75. The highest BCUT2D eigenvalue weighted by Gasteiger charge is 2.16. The first-order chi connectivity index (χ1) is 14.1. The molecule has 0 fully saturated rings. The zero-order chi connectivity index (χ0) is 22.1. The molecule has 0 heterocycles. The van der Waals surface area contributed by atoms with E-state index in [4.69, 9.17) is 18.9 Å². The molecule has 1 N–H and O–H groups in total. The van der Waals surface area contributed by atoms with Gasteiger partial charge in [0.25, 0.3) is 0 Å². The van der Waals surface area contributed by atoms with Gasteiger partial charge in [-0.15, -0.1) is 0 Å². The number of nitrogens with one attached hydrogen (secondary N) is 1. The van der Waals surface area contributed by atoms with Crippen LogP contribution in [-0.4, -0.2) is 23.9 Å². The molecule has 7 heteroatoms. The zero-order valence-corrected chi connectivity index (χ0v) is 18.1. The Morgan fingerprint density at radius 2 is 1.57 bits per heavy atom. The third-order valence-electron chi connectivity index (χ3n) is 3.60. The number of imide groups is 1. The molecule has 2 aromatic carbocycles. The highest BCUT2D eigenvalue weighted by Crippen LogP contribution is 2.28. The Hall–Kier alpha value is -3.22. The number of alkyl carbamates (subject to hydrolysis) is 2. The summed E-state index contributed by atoms with van der Waals surface area (Å²) in [6.45, 7) is 9.64. The minimum absolute atomic E-state index is 0.0571. The molecule has 162 valence electrons. The Morgan fingerprint density at radius 3 is 2.17 bits per heavy atom. The fraction of sp³-hybridized carbons (Fsp3) is 0.391. The van der Waals surface area contributed by atoms with Crippen LogP contribution in [0.5, 0.6) is 11.5 Å². The molecular formula is C23H29NO6. The molecular weight excluding hydrogens is 386 g/mol. The summed E-state index contributed by atoms with van der Waals surface area (Å²) in [7, 11) is 0. The van der Waals surface area contributed by atoms with E-state index in [1.165, 1.54) is 0 Å². The van der Waals surface area contributed by atoms with E-state index < -0.39 is 12.2 Å². The van der Waals surface area contributed by atoms with Gasteiger partial charge in [-0.25, -0.2) is 14.9 Å². The van der Waals surface area contributed by atoms with Crippen molar-refractivity contribution >= 4 is 12.2 Å². The van der Waals surface area contributed by atoms with Gasteiger partial charge in [0.15, 0.2) is 0 Å². The van der Waals surface area contributed by atoms with Crippen molar-refractivity contribution in [2.75, 3.05) is 0 Å². The number of carbonyl (C=O) groups excluding carboxylic acids is 2. The fourth-order valence-electron chi connectivity index (χ4n) is 2.46. The van der Waals surface area contributed by atoms with Gasteiger partial charge in [-0.3, -0.25) is 0 Å². The van der Waals surface area contributed by atoms with Crippen LogP contribution < -0.4 is 14.8 Å². The lowest BCUT2D eigenvalue weighted by Crippen LogP contribution is -2.31. The summed E-state index contributed by atoms with van der Waals surface area (Å²) in [6.07, 6.45) is -1.86. The number of ether oxygens (including phenoxy) is 4. The van der Waals surface area contributed by atoms with Crippen LogP contribution in [0.4, 0.5) is 9.59 Å². The van der Waals surface area contributed by atoms with Crippen LogP contribution in [0.2, 0.25) is 0 Å². The van der Waals surface area contributed by atoms with E-state index in [1.54, 1.807) is 18.2 Å². The second-order valence-corrected chi connectivity index (χ2v) is 7.91. The summed E-state index contributed by atoms with van der Waals surface area (Å²) in [4.78, 5) is 23.7. The summed E-state index contributed by atoms with van der Waals surface area (Å²) in [6, 6.07) is 14.5. The Labute approximate surface area is 177 Å². The maximum atomic E-state index is 11.9. The summed E-state index contributed by atoms with van der Waals surface area (Å²) in [5.41, 5.74) is 1.11. The molecule has 0 aromatic heterocycles. The average molecular weight is 415 g/mol. The SMILES string of the molecule is CC(C)Oc1cc(OC(C)(C)C)ccc1COC(=O)NC(=O)OCc1ccccc1. The molecule has 0 atom stereocenters. The lowest BCUT2D eigenvalue weighted by molar-refractivity contribution is 0.116. The third-order valence-corrected chi connectivity index (χ3v) is 3.60. The normalized spacial score (nSPS) is 11.0. The van der Waals surface area contributed by atoms with Crippen LogP contribution in [0.15, 0.2) is 48.5 Å². The molecule has 30 heavy (non-hydrogen) atoms. The topological polar surface area (TPSA) is 83.1 Å². The van der Waals surface area contributed by atoms with Gasteiger partial charge < -0.3 is 18.9 Å². The van der Waals surface area contributed by atoms with Crippen molar-refractivity contribution < 1.29 is 28.5 Å². The minimum atomic E-state index is -0.904. The second kappa shape index (κ2) is 10.5. The standard InChI is InChI=1S/C23H29NO6/c1-16(2)29-20-13-19(30-23(3,4)5)12-11-18(20)15-28-22(26)24-21(25)27-14-17-9-7-6-8-10-17/h6-13,16H,14-15H2,1-5H3,(H,24,25,26). The summed E-state index contributed by atoms with van der Waals surface area (Å²) >= 11 is 0. The second-order valence-electron chi connectivity index (χ2n) is 7.91. The number of hydrogen-bond donors (Lipinski definition) is 1. The van der Waals surface area contributed by atoms with Crippen LogP contribution in [-0.2, 0) is 22.7 Å². The molecule has 0 radical (unpaired) electrons. The number of benzene rings is 2. The maximum absolute atomic E-state index is 11.9. The third kappa shape index (κ3) is 8.43.